The van der Waals surface area contributed by atoms with Crippen molar-refractivity contribution in [1.29, 1.82) is 0 Å². The Hall–Kier alpha value is -7.35. The van der Waals surface area contributed by atoms with E-state index in [1.165, 1.54) is 23.9 Å². The van der Waals surface area contributed by atoms with E-state index in [0.717, 1.165) is 37.6 Å². The number of imide groups is 1. The quantitative estimate of drug-likeness (QED) is 0.0423. The second kappa shape index (κ2) is 28.4. The Bertz CT molecular complexity index is 3070. The number of aliphatic hydroxyl groups is 1. The van der Waals surface area contributed by atoms with E-state index in [2.05, 4.69) is 0 Å². The van der Waals surface area contributed by atoms with Gasteiger partial charge in [0.25, 0.3) is 11.8 Å². The van der Waals surface area contributed by atoms with Crippen LogP contribution in [0.25, 0.3) is 0 Å². The van der Waals surface area contributed by atoms with Gasteiger partial charge in [0, 0.05) is 4.90 Å². The Labute approximate surface area is 474 Å². The second-order valence-electron chi connectivity index (χ2n) is 19.8. The summed E-state index contributed by atoms with van der Waals surface area (Å²) in [5.74, 6) is -3.09. The van der Waals surface area contributed by atoms with Gasteiger partial charge in [-0.15, -0.1) is 0 Å². The molecule has 3 aliphatic rings. The normalized spacial score (nSPS) is 23.4. The van der Waals surface area contributed by atoms with Gasteiger partial charge in [-0.2, -0.15) is 0 Å². The summed E-state index contributed by atoms with van der Waals surface area (Å²) in [6, 6.07) is 62.1. The molecule has 0 aliphatic carbocycles. The number of amides is 2. The topological polar surface area (TPSA) is 175 Å². The highest BCUT2D eigenvalue weighted by molar-refractivity contribution is 7.99. The van der Waals surface area contributed by atoms with Crippen molar-refractivity contribution in [2.45, 2.75) is 111 Å². The SMILES string of the molecule is O=C(CCC(=O)O[C@H]1[C@H](O)[C@@H](COCc2ccccc2)O[C@@H](OCc2ccccc2)[C@@H]1N1C(=O)c2ccccc2C1=O)O[C@@H]1[C@@H](OCc2ccccc2)[C@H](OCc2ccccc2)[C@@H](COCc2ccccc2)O[C@H]1Sc1ccccc1. The van der Waals surface area contributed by atoms with E-state index in [0.29, 0.717) is 6.61 Å². The third kappa shape index (κ3) is 15.0. The van der Waals surface area contributed by atoms with Crippen LogP contribution in [-0.4, -0.2) is 107 Å². The van der Waals surface area contributed by atoms with E-state index in [1.54, 1.807) is 12.1 Å². The van der Waals surface area contributed by atoms with Crippen LogP contribution in [0.5, 0.6) is 0 Å². The molecule has 7 aromatic rings. The highest BCUT2D eigenvalue weighted by Crippen LogP contribution is 2.39. The predicted octanol–water partition coefficient (Wildman–Crippen LogP) is 9.68. The van der Waals surface area contributed by atoms with Crippen molar-refractivity contribution in [3.05, 3.63) is 245 Å². The van der Waals surface area contributed by atoms with Crippen LogP contribution in [0.2, 0.25) is 0 Å². The molecular formula is C65H63NO14S. The van der Waals surface area contributed by atoms with Gasteiger partial charge in [-0.3, -0.25) is 24.1 Å². The number of hydrogen-bond donors (Lipinski definition) is 1. The lowest BCUT2D eigenvalue weighted by molar-refractivity contribution is -0.288. The summed E-state index contributed by atoms with van der Waals surface area (Å²) >= 11 is 1.35. The Morgan fingerprint density at radius 2 is 0.840 bits per heavy atom. The number of carbonyl (C=O) groups is 4. The molecule has 1 N–H and O–H groups in total. The molecule has 2 saturated heterocycles. The minimum atomic E-state index is -1.65. The van der Waals surface area contributed by atoms with Crippen molar-refractivity contribution in [2.75, 3.05) is 13.2 Å². The van der Waals surface area contributed by atoms with E-state index in [9.17, 15) is 24.3 Å². The number of rotatable bonds is 25. The lowest BCUT2D eigenvalue weighted by Gasteiger charge is -2.46. The molecule has 7 aromatic carbocycles. The molecule has 10 atom stereocenters. The molecule has 3 aliphatic heterocycles. The Morgan fingerprint density at radius 3 is 1.32 bits per heavy atom. The number of nitrogens with zero attached hydrogens (tertiary/aromatic N) is 1. The first-order chi connectivity index (χ1) is 39.8. The van der Waals surface area contributed by atoms with Crippen LogP contribution in [0.1, 0.15) is 61.4 Å². The third-order valence-corrected chi connectivity index (χ3v) is 15.2. The smallest absolute Gasteiger partial charge is 0.306 e. The van der Waals surface area contributed by atoms with Gasteiger partial charge in [0.05, 0.1) is 70.2 Å². The summed E-state index contributed by atoms with van der Waals surface area (Å²) < 4.78 is 58.4. The zero-order valence-corrected chi connectivity index (χ0v) is 45.2. The van der Waals surface area contributed by atoms with Gasteiger partial charge in [0.2, 0.25) is 0 Å². The summed E-state index contributed by atoms with van der Waals surface area (Å²) in [6.07, 6.45) is -10.5. The Morgan fingerprint density at radius 1 is 0.444 bits per heavy atom. The van der Waals surface area contributed by atoms with E-state index in [-0.39, 0.29) is 50.8 Å². The molecule has 81 heavy (non-hydrogen) atoms. The molecule has 16 heteroatoms. The second-order valence-corrected chi connectivity index (χ2v) is 20.9. The summed E-state index contributed by atoms with van der Waals surface area (Å²) in [6.45, 7) is 0.663. The van der Waals surface area contributed by atoms with Crippen LogP contribution in [0.15, 0.2) is 211 Å². The van der Waals surface area contributed by atoms with Crippen LogP contribution >= 0.6 is 11.8 Å². The summed E-state index contributed by atoms with van der Waals surface area (Å²) in [5.41, 5.74) is 3.74. The average Bonchev–Trinajstić information content (AvgIpc) is 4.03. The molecule has 15 nitrogen and oxygen atoms in total. The number of ether oxygens (including phenoxy) is 9. The van der Waals surface area contributed by atoms with Gasteiger partial charge in [-0.05, 0) is 52.1 Å². The first-order valence-corrected chi connectivity index (χ1v) is 27.9. The summed E-state index contributed by atoms with van der Waals surface area (Å²) in [5, 5.41) is 12.2. The molecule has 2 amide bonds. The molecule has 3 heterocycles. The highest BCUT2D eigenvalue weighted by atomic mass is 32.2. The summed E-state index contributed by atoms with van der Waals surface area (Å²) in [7, 11) is 0. The van der Waals surface area contributed by atoms with Crippen LogP contribution < -0.4 is 0 Å². The molecule has 418 valence electrons. The molecule has 0 spiro atoms. The van der Waals surface area contributed by atoms with Crippen molar-refractivity contribution >= 4 is 35.5 Å². The number of thioether (sulfide) groups is 1. The third-order valence-electron chi connectivity index (χ3n) is 14.0. The zero-order chi connectivity index (χ0) is 55.8. The standard InChI is InChI=1S/C65H63NO14S/c67-54(79-59-56(66-62(70)50-33-19-20-34-51(50)63(66)71)64(76-41-48-29-15-5-16-30-48)77-52(57(59)69)42-72-37-44-21-7-1-8-22-44)35-36-55(68)80-61-60(75-40-47-27-13-4-14-28-47)58(74-39-46-25-11-3-12-26-46)53(43-73-38-45-23-9-2-10-24-45)78-65(61)81-49-31-17-6-18-32-49/h1-34,52-53,56-61,64-65,69H,35-43H2/t52-,53-,56-,57-,58-,59-,60+,61-,64-,65+/m1/s1. The molecule has 2 fully saturated rings. The summed E-state index contributed by atoms with van der Waals surface area (Å²) in [4.78, 5) is 59.3. The van der Waals surface area contributed by atoms with Gasteiger partial charge in [0.1, 0.15) is 42.0 Å². The van der Waals surface area contributed by atoms with Crippen molar-refractivity contribution in [1.82, 2.24) is 4.90 Å². The van der Waals surface area contributed by atoms with Crippen molar-refractivity contribution < 1.29 is 66.9 Å². The van der Waals surface area contributed by atoms with Crippen LogP contribution in [0, 0.1) is 0 Å². The van der Waals surface area contributed by atoms with Gasteiger partial charge < -0.3 is 47.7 Å². The monoisotopic (exact) mass is 1110 g/mol. The lowest BCUT2D eigenvalue weighted by atomic mass is 9.95. The molecule has 0 saturated carbocycles. The fourth-order valence-electron chi connectivity index (χ4n) is 9.97. The van der Waals surface area contributed by atoms with Crippen LogP contribution in [0.3, 0.4) is 0 Å². The first kappa shape index (κ1) is 56.9. The van der Waals surface area contributed by atoms with E-state index < -0.39 is 97.1 Å². The average molecular weight is 1110 g/mol. The van der Waals surface area contributed by atoms with E-state index in [1.807, 2.05) is 182 Å². The number of fused-ring (bicyclic) bond motifs is 1. The zero-order valence-electron chi connectivity index (χ0n) is 44.4. The molecule has 0 aromatic heterocycles. The highest BCUT2D eigenvalue weighted by Gasteiger charge is 2.56. The van der Waals surface area contributed by atoms with Gasteiger partial charge in [-0.1, -0.05) is 194 Å². The first-order valence-electron chi connectivity index (χ1n) is 27.0. The number of aliphatic hydroxyl groups excluding tert-OH is 1. The van der Waals surface area contributed by atoms with Gasteiger partial charge in [-0.25, -0.2) is 0 Å². The Balaban J connectivity index is 0.915. The van der Waals surface area contributed by atoms with Crippen LogP contribution in [-0.2, 0) is 85.3 Å². The van der Waals surface area contributed by atoms with Crippen LogP contribution in [0.4, 0.5) is 0 Å². The Kier molecular flexibility index (Phi) is 19.9. The minimum Gasteiger partial charge on any atom is -0.457 e. The number of benzene rings is 7. The fourth-order valence-corrected chi connectivity index (χ4v) is 11.1. The van der Waals surface area contributed by atoms with E-state index >= 15 is 0 Å². The predicted molar refractivity (Wildman–Crippen MR) is 299 cm³/mol. The maximum Gasteiger partial charge on any atom is 0.306 e. The lowest BCUT2D eigenvalue weighted by Crippen LogP contribution is -2.66. The maximum absolute atomic E-state index is 14.5. The molecular weight excluding hydrogens is 1050 g/mol. The maximum atomic E-state index is 14.5. The number of hydrogen-bond acceptors (Lipinski definition) is 15. The van der Waals surface area contributed by atoms with Crippen molar-refractivity contribution in [3.63, 3.8) is 0 Å². The number of carbonyl (C=O) groups excluding carboxylic acids is 4. The molecule has 0 radical (unpaired) electrons. The molecule has 0 bridgehead atoms. The fraction of sp³-hybridized carbons (Fsp3) is 0.292. The van der Waals surface area contributed by atoms with Crippen molar-refractivity contribution in [3.8, 4) is 0 Å². The molecule has 10 rings (SSSR count). The largest absolute Gasteiger partial charge is 0.457 e. The van der Waals surface area contributed by atoms with Crippen molar-refractivity contribution in [2.24, 2.45) is 0 Å². The molecule has 0 unspecified atom stereocenters. The van der Waals surface area contributed by atoms with Gasteiger partial charge in [0.15, 0.2) is 18.5 Å². The van der Waals surface area contributed by atoms with E-state index in [4.69, 9.17) is 42.6 Å². The minimum absolute atomic E-state index is 0.0323. The number of esters is 2. The van der Waals surface area contributed by atoms with Gasteiger partial charge >= 0.3 is 11.9 Å².